The van der Waals surface area contributed by atoms with Gasteiger partial charge < -0.3 is 14.8 Å². The lowest BCUT2D eigenvalue weighted by molar-refractivity contribution is -0.128. The highest BCUT2D eigenvalue weighted by molar-refractivity contribution is 5.37. The molecule has 0 amide bonds. The molecule has 0 aromatic rings. The molecule has 0 aromatic heterocycles. The average Bonchev–Trinajstić information content (AvgIpc) is 2.42. The van der Waals surface area contributed by atoms with Crippen LogP contribution in [0.15, 0.2) is 11.5 Å². The number of hydrogen-bond donors (Lipinski definition) is 1. The van der Waals surface area contributed by atoms with E-state index >= 15 is 0 Å². The summed E-state index contributed by atoms with van der Waals surface area (Å²) in [7, 11) is 1.83. The summed E-state index contributed by atoms with van der Waals surface area (Å²) in [6.45, 7) is 2.63. The molecular weight excluding hydrogens is 158 g/mol. The molecular formula is C8H13NO3. The lowest BCUT2D eigenvalue weighted by Crippen LogP contribution is -2.08. The van der Waals surface area contributed by atoms with Crippen LogP contribution in [0.1, 0.15) is 13.3 Å². The molecule has 1 unspecified atom stereocenters. The van der Waals surface area contributed by atoms with E-state index in [9.17, 15) is 4.79 Å². The first-order valence-electron chi connectivity index (χ1n) is 3.89. The molecule has 12 heavy (non-hydrogen) atoms. The van der Waals surface area contributed by atoms with Gasteiger partial charge in [0, 0.05) is 13.5 Å². The Hall–Kier alpha value is -1.19. The summed E-state index contributed by atoms with van der Waals surface area (Å²) in [5.41, 5.74) is 1.02. The van der Waals surface area contributed by atoms with Gasteiger partial charge in [0.1, 0.15) is 12.7 Å². The zero-order chi connectivity index (χ0) is 8.97. The Labute approximate surface area is 71.5 Å². The fourth-order valence-electron chi connectivity index (χ4n) is 1.23. The molecule has 4 nitrogen and oxygen atoms in total. The van der Waals surface area contributed by atoms with Gasteiger partial charge >= 0.3 is 0 Å². The van der Waals surface area contributed by atoms with E-state index in [0.717, 1.165) is 17.9 Å². The fourth-order valence-corrected chi connectivity index (χ4v) is 1.23. The molecule has 1 aliphatic heterocycles. The number of rotatable bonds is 4. The Kier molecular flexibility index (Phi) is 2.96. The third-order valence-electron chi connectivity index (χ3n) is 1.76. The topological polar surface area (TPSA) is 47.6 Å². The second kappa shape index (κ2) is 3.99. The molecule has 0 bridgehead atoms. The second-order valence-electron chi connectivity index (χ2n) is 2.69. The minimum Gasteiger partial charge on any atom is -0.489 e. The van der Waals surface area contributed by atoms with Gasteiger partial charge in [-0.05, 0) is 6.92 Å². The van der Waals surface area contributed by atoms with Crippen LogP contribution < -0.4 is 5.32 Å². The van der Waals surface area contributed by atoms with E-state index < -0.39 is 0 Å². The lowest BCUT2D eigenvalue weighted by atomic mass is 10.2. The van der Waals surface area contributed by atoms with Crippen molar-refractivity contribution in [3.05, 3.63) is 11.5 Å². The molecule has 68 valence electrons. The first kappa shape index (κ1) is 8.90. The molecule has 0 aromatic carbocycles. The van der Waals surface area contributed by atoms with Crippen molar-refractivity contribution >= 4 is 6.47 Å². The van der Waals surface area contributed by atoms with E-state index in [2.05, 4.69) is 10.1 Å². The molecule has 1 N–H and O–H groups in total. The van der Waals surface area contributed by atoms with Crippen LogP contribution in [0, 0.1) is 0 Å². The molecule has 4 heteroatoms. The molecule has 1 heterocycles. The van der Waals surface area contributed by atoms with E-state index in [1.807, 2.05) is 14.0 Å². The Balaban J connectivity index is 2.52. The summed E-state index contributed by atoms with van der Waals surface area (Å²) in [6, 6.07) is 0. The van der Waals surface area contributed by atoms with Crippen molar-refractivity contribution in [2.75, 3.05) is 13.7 Å². The van der Waals surface area contributed by atoms with Crippen LogP contribution in [0.5, 0.6) is 0 Å². The molecule has 1 aliphatic rings. The zero-order valence-corrected chi connectivity index (χ0v) is 7.29. The van der Waals surface area contributed by atoms with Gasteiger partial charge in [0.2, 0.25) is 0 Å². The van der Waals surface area contributed by atoms with E-state index in [-0.39, 0.29) is 12.7 Å². The Morgan fingerprint density at radius 3 is 3.17 bits per heavy atom. The minimum atomic E-state index is 0.178. The van der Waals surface area contributed by atoms with Crippen molar-refractivity contribution in [3.63, 3.8) is 0 Å². The largest absolute Gasteiger partial charge is 0.489 e. The summed E-state index contributed by atoms with van der Waals surface area (Å²) in [4.78, 5) is 9.92. The third-order valence-corrected chi connectivity index (χ3v) is 1.76. The molecule has 1 atom stereocenters. The summed E-state index contributed by atoms with van der Waals surface area (Å²) in [5.74, 6) is 0.733. The first-order valence-corrected chi connectivity index (χ1v) is 3.89. The van der Waals surface area contributed by atoms with Crippen LogP contribution in [0.2, 0.25) is 0 Å². The molecule has 0 spiro atoms. The third kappa shape index (κ3) is 1.90. The fraction of sp³-hybridized carbons (Fsp3) is 0.625. The smallest absolute Gasteiger partial charge is 0.293 e. The van der Waals surface area contributed by atoms with Crippen LogP contribution in [-0.2, 0) is 14.3 Å². The van der Waals surface area contributed by atoms with E-state index in [4.69, 9.17) is 4.74 Å². The predicted molar refractivity (Wildman–Crippen MR) is 43.3 cm³/mol. The van der Waals surface area contributed by atoms with Crippen molar-refractivity contribution in [1.29, 1.82) is 0 Å². The van der Waals surface area contributed by atoms with Crippen LogP contribution >= 0.6 is 0 Å². The summed E-state index contributed by atoms with van der Waals surface area (Å²) in [6.07, 6.45) is 1.03. The van der Waals surface area contributed by atoms with Crippen LogP contribution in [0.25, 0.3) is 0 Å². The predicted octanol–water partition coefficient (Wildman–Crippen LogP) is 0.399. The number of carbonyl (C=O) groups excluding carboxylic acids is 1. The lowest BCUT2D eigenvalue weighted by Gasteiger charge is -2.05. The Morgan fingerprint density at radius 1 is 1.83 bits per heavy atom. The quantitative estimate of drug-likeness (QED) is 0.622. The van der Waals surface area contributed by atoms with Gasteiger partial charge in [0.25, 0.3) is 6.47 Å². The molecule has 0 radical (unpaired) electrons. The van der Waals surface area contributed by atoms with Gasteiger partial charge in [0.15, 0.2) is 5.76 Å². The Morgan fingerprint density at radius 2 is 2.58 bits per heavy atom. The number of ether oxygens (including phenoxy) is 2. The van der Waals surface area contributed by atoms with Gasteiger partial charge in [0.05, 0.1) is 5.70 Å². The van der Waals surface area contributed by atoms with Crippen LogP contribution in [0.3, 0.4) is 0 Å². The van der Waals surface area contributed by atoms with Crippen molar-refractivity contribution in [2.24, 2.45) is 0 Å². The number of hydrogen-bond acceptors (Lipinski definition) is 4. The number of nitrogens with one attached hydrogen (secondary N) is 1. The van der Waals surface area contributed by atoms with Gasteiger partial charge in [-0.2, -0.15) is 0 Å². The molecule has 0 fully saturated rings. The zero-order valence-electron chi connectivity index (χ0n) is 7.29. The highest BCUT2D eigenvalue weighted by Crippen LogP contribution is 2.22. The minimum absolute atomic E-state index is 0.178. The standard InChI is InChI=1S/C8H13NO3/c1-6-3-7(9-2)8(12-6)4-11-5-10/h5-6,9H,3-4H2,1-2H3. The monoisotopic (exact) mass is 171 g/mol. The summed E-state index contributed by atoms with van der Waals surface area (Å²) < 4.78 is 9.99. The molecule has 0 saturated carbocycles. The summed E-state index contributed by atoms with van der Waals surface area (Å²) >= 11 is 0. The normalized spacial score (nSPS) is 22.0. The Bertz CT molecular complexity index is 200. The van der Waals surface area contributed by atoms with Crippen molar-refractivity contribution in [3.8, 4) is 0 Å². The highest BCUT2D eigenvalue weighted by Gasteiger charge is 2.21. The maximum Gasteiger partial charge on any atom is 0.293 e. The van der Waals surface area contributed by atoms with Gasteiger partial charge in [-0.25, -0.2) is 0 Å². The highest BCUT2D eigenvalue weighted by atomic mass is 16.6. The second-order valence-corrected chi connectivity index (χ2v) is 2.69. The molecule has 1 rings (SSSR count). The first-order chi connectivity index (χ1) is 5.77. The van der Waals surface area contributed by atoms with E-state index in [0.29, 0.717) is 6.47 Å². The maximum absolute atomic E-state index is 9.92. The molecule has 0 saturated heterocycles. The SMILES string of the molecule is CNC1=C(COC=O)OC(C)C1. The van der Waals surface area contributed by atoms with Gasteiger partial charge in [-0.15, -0.1) is 0 Å². The van der Waals surface area contributed by atoms with E-state index in [1.54, 1.807) is 0 Å². The average molecular weight is 171 g/mol. The van der Waals surface area contributed by atoms with E-state index in [1.165, 1.54) is 0 Å². The van der Waals surface area contributed by atoms with Crippen molar-refractivity contribution < 1.29 is 14.3 Å². The van der Waals surface area contributed by atoms with Crippen molar-refractivity contribution in [1.82, 2.24) is 5.32 Å². The van der Waals surface area contributed by atoms with Gasteiger partial charge in [-0.3, -0.25) is 4.79 Å². The molecule has 0 aliphatic carbocycles. The van der Waals surface area contributed by atoms with Crippen molar-refractivity contribution in [2.45, 2.75) is 19.4 Å². The summed E-state index contributed by atoms with van der Waals surface area (Å²) in [5, 5.41) is 3.01. The maximum atomic E-state index is 9.92. The van der Waals surface area contributed by atoms with Crippen LogP contribution in [-0.4, -0.2) is 26.2 Å². The van der Waals surface area contributed by atoms with Gasteiger partial charge in [-0.1, -0.05) is 0 Å². The number of carbonyl (C=O) groups is 1. The van der Waals surface area contributed by atoms with Crippen LogP contribution in [0.4, 0.5) is 0 Å².